The highest BCUT2D eigenvalue weighted by Crippen LogP contribution is 2.36. The summed E-state index contributed by atoms with van der Waals surface area (Å²) in [5.74, 6) is 0.116. The summed E-state index contributed by atoms with van der Waals surface area (Å²) in [6, 6.07) is 4.81. The van der Waals surface area contributed by atoms with Crippen LogP contribution in [0.1, 0.15) is 37.2 Å². The van der Waals surface area contributed by atoms with E-state index in [0.29, 0.717) is 10.9 Å². The number of benzene rings is 1. The predicted octanol–water partition coefficient (Wildman–Crippen LogP) is 3.46. The van der Waals surface area contributed by atoms with Crippen LogP contribution in [-0.2, 0) is 0 Å². The van der Waals surface area contributed by atoms with E-state index >= 15 is 0 Å². The standard InChI is InChI=1S/C12H15ClFN/c13-12-5-4-9(14)7-11(12)8-2-1-3-10(15)6-8/h4-5,7-8,10H,1-3,6,15H2. The van der Waals surface area contributed by atoms with Crippen LogP contribution in [0.15, 0.2) is 18.2 Å². The van der Waals surface area contributed by atoms with Crippen LogP contribution in [0.3, 0.4) is 0 Å². The summed E-state index contributed by atoms with van der Waals surface area (Å²) < 4.78 is 13.1. The molecule has 1 fully saturated rings. The number of halogens is 2. The van der Waals surface area contributed by atoms with Crippen LogP contribution < -0.4 is 5.73 Å². The van der Waals surface area contributed by atoms with Crippen LogP contribution in [-0.4, -0.2) is 6.04 Å². The van der Waals surface area contributed by atoms with Crippen molar-refractivity contribution in [1.29, 1.82) is 0 Å². The minimum atomic E-state index is -0.214. The Morgan fingerprint density at radius 1 is 1.33 bits per heavy atom. The zero-order valence-electron chi connectivity index (χ0n) is 8.55. The molecule has 0 aliphatic heterocycles. The third kappa shape index (κ3) is 2.50. The van der Waals surface area contributed by atoms with Gasteiger partial charge in [0.25, 0.3) is 0 Å². The van der Waals surface area contributed by atoms with Crippen LogP contribution >= 0.6 is 11.6 Å². The molecule has 1 aliphatic carbocycles. The van der Waals surface area contributed by atoms with Crippen molar-refractivity contribution >= 4 is 11.6 Å². The molecule has 2 N–H and O–H groups in total. The van der Waals surface area contributed by atoms with Crippen LogP contribution in [0, 0.1) is 5.82 Å². The lowest BCUT2D eigenvalue weighted by atomic mass is 9.82. The molecule has 0 spiro atoms. The summed E-state index contributed by atoms with van der Waals surface area (Å²) in [4.78, 5) is 0. The number of hydrogen-bond donors (Lipinski definition) is 1. The third-order valence-corrected chi connectivity index (χ3v) is 3.46. The van der Waals surface area contributed by atoms with Crippen molar-refractivity contribution in [3.05, 3.63) is 34.6 Å². The minimum Gasteiger partial charge on any atom is -0.328 e. The lowest BCUT2D eigenvalue weighted by molar-refractivity contribution is 0.392. The number of nitrogens with two attached hydrogens (primary N) is 1. The van der Waals surface area contributed by atoms with E-state index in [1.807, 2.05) is 0 Å². The first-order valence-corrected chi connectivity index (χ1v) is 5.75. The monoisotopic (exact) mass is 227 g/mol. The highest BCUT2D eigenvalue weighted by atomic mass is 35.5. The summed E-state index contributed by atoms with van der Waals surface area (Å²) in [5.41, 5.74) is 6.84. The smallest absolute Gasteiger partial charge is 0.123 e. The van der Waals surface area contributed by atoms with Crippen LogP contribution in [0.25, 0.3) is 0 Å². The molecule has 3 heteroatoms. The molecule has 2 rings (SSSR count). The molecule has 0 amide bonds. The van der Waals surface area contributed by atoms with Crippen molar-refractivity contribution in [2.75, 3.05) is 0 Å². The predicted molar refractivity (Wildman–Crippen MR) is 60.6 cm³/mol. The van der Waals surface area contributed by atoms with Gasteiger partial charge in [-0.3, -0.25) is 0 Å². The van der Waals surface area contributed by atoms with E-state index in [0.717, 1.165) is 31.2 Å². The number of hydrogen-bond acceptors (Lipinski definition) is 1. The Labute approximate surface area is 94.4 Å². The first-order valence-electron chi connectivity index (χ1n) is 5.37. The molecule has 1 aromatic carbocycles. The highest BCUT2D eigenvalue weighted by molar-refractivity contribution is 6.31. The molecule has 0 radical (unpaired) electrons. The molecule has 1 aliphatic rings. The van der Waals surface area contributed by atoms with Gasteiger partial charge in [0.1, 0.15) is 5.82 Å². The molecule has 2 atom stereocenters. The maximum Gasteiger partial charge on any atom is 0.123 e. The fourth-order valence-corrected chi connectivity index (χ4v) is 2.61. The molecular weight excluding hydrogens is 213 g/mol. The average Bonchev–Trinajstić information content (AvgIpc) is 2.22. The van der Waals surface area contributed by atoms with E-state index in [1.165, 1.54) is 6.07 Å². The minimum absolute atomic E-state index is 0.214. The second kappa shape index (κ2) is 4.50. The summed E-state index contributed by atoms with van der Waals surface area (Å²) in [6.07, 6.45) is 4.17. The summed E-state index contributed by atoms with van der Waals surface area (Å²) in [5, 5.41) is 0.663. The Morgan fingerprint density at radius 2 is 2.13 bits per heavy atom. The SMILES string of the molecule is NC1CCCC(c2cc(F)ccc2Cl)C1. The number of rotatable bonds is 1. The average molecular weight is 228 g/mol. The van der Waals surface area contributed by atoms with E-state index in [2.05, 4.69) is 0 Å². The summed E-state index contributed by atoms with van der Waals surface area (Å²) >= 11 is 6.07. The normalized spacial score (nSPS) is 26.6. The lowest BCUT2D eigenvalue weighted by Gasteiger charge is -2.27. The van der Waals surface area contributed by atoms with Crippen molar-refractivity contribution in [2.45, 2.75) is 37.6 Å². The Hall–Kier alpha value is -0.600. The molecule has 1 aromatic rings. The molecule has 15 heavy (non-hydrogen) atoms. The highest BCUT2D eigenvalue weighted by Gasteiger charge is 2.22. The van der Waals surface area contributed by atoms with Gasteiger partial charge in [-0.15, -0.1) is 0 Å². The van der Waals surface area contributed by atoms with E-state index in [-0.39, 0.29) is 11.9 Å². The molecular formula is C12H15ClFN. The second-order valence-corrected chi connectivity index (χ2v) is 4.70. The Morgan fingerprint density at radius 3 is 2.87 bits per heavy atom. The topological polar surface area (TPSA) is 26.0 Å². The molecule has 1 saturated carbocycles. The zero-order chi connectivity index (χ0) is 10.8. The lowest BCUT2D eigenvalue weighted by Crippen LogP contribution is -2.27. The molecule has 0 aromatic heterocycles. The van der Waals surface area contributed by atoms with Crippen molar-refractivity contribution in [3.63, 3.8) is 0 Å². The van der Waals surface area contributed by atoms with E-state index in [4.69, 9.17) is 17.3 Å². The van der Waals surface area contributed by atoms with Crippen LogP contribution in [0.5, 0.6) is 0 Å². The van der Waals surface area contributed by atoms with Gasteiger partial charge in [-0.2, -0.15) is 0 Å². The quantitative estimate of drug-likeness (QED) is 0.781. The molecule has 0 bridgehead atoms. The van der Waals surface area contributed by atoms with E-state index in [9.17, 15) is 4.39 Å². The van der Waals surface area contributed by atoms with E-state index < -0.39 is 0 Å². The molecule has 0 heterocycles. The maximum atomic E-state index is 13.1. The van der Waals surface area contributed by atoms with Crippen LogP contribution in [0.4, 0.5) is 4.39 Å². The fraction of sp³-hybridized carbons (Fsp3) is 0.500. The van der Waals surface area contributed by atoms with Gasteiger partial charge in [-0.1, -0.05) is 18.0 Å². The Kier molecular flexibility index (Phi) is 3.27. The van der Waals surface area contributed by atoms with Crippen molar-refractivity contribution in [2.24, 2.45) is 5.73 Å². The Bertz CT molecular complexity index is 353. The summed E-state index contributed by atoms with van der Waals surface area (Å²) in [6.45, 7) is 0. The first kappa shape index (κ1) is 10.9. The molecule has 0 saturated heterocycles. The second-order valence-electron chi connectivity index (χ2n) is 4.29. The van der Waals surface area contributed by atoms with Gasteiger partial charge in [-0.05, 0) is 48.9 Å². The maximum absolute atomic E-state index is 13.1. The molecule has 2 unspecified atom stereocenters. The van der Waals surface area contributed by atoms with Gasteiger partial charge >= 0.3 is 0 Å². The van der Waals surface area contributed by atoms with Gasteiger partial charge in [-0.25, -0.2) is 4.39 Å². The summed E-state index contributed by atoms with van der Waals surface area (Å²) in [7, 11) is 0. The van der Waals surface area contributed by atoms with Crippen LogP contribution in [0.2, 0.25) is 5.02 Å². The molecule has 1 nitrogen and oxygen atoms in total. The largest absolute Gasteiger partial charge is 0.328 e. The van der Waals surface area contributed by atoms with Gasteiger partial charge in [0.15, 0.2) is 0 Å². The van der Waals surface area contributed by atoms with Crippen molar-refractivity contribution < 1.29 is 4.39 Å². The van der Waals surface area contributed by atoms with Gasteiger partial charge in [0, 0.05) is 11.1 Å². The Balaban J connectivity index is 2.24. The molecule has 82 valence electrons. The van der Waals surface area contributed by atoms with Crippen molar-refractivity contribution in [3.8, 4) is 0 Å². The fourth-order valence-electron chi connectivity index (χ4n) is 2.34. The third-order valence-electron chi connectivity index (χ3n) is 3.11. The van der Waals surface area contributed by atoms with E-state index in [1.54, 1.807) is 12.1 Å². The first-order chi connectivity index (χ1) is 7.16. The van der Waals surface area contributed by atoms with Crippen molar-refractivity contribution in [1.82, 2.24) is 0 Å². The van der Waals surface area contributed by atoms with Gasteiger partial charge < -0.3 is 5.73 Å². The van der Waals surface area contributed by atoms with Gasteiger partial charge in [0.05, 0.1) is 0 Å². The zero-order valence-corrected chi connectivity index (χ0v) is 9.30. The van der Waals surface area contributed by atoms with Gasteiger partial charge in [0.2, 0.25) is 0 Å².